The van der Waals surface area contributed by atoms with E-state index in [0.717, 1.165) is 30.1 Å². The molecule has 0 amide bonds. The first kappa shape index (κ1) is 9.57. The topological polar surface area (TPSA) is 52.3 Å². The monoisotopic (exact) mass is 218 g/mol. The normalized spacial score (nSPS) is 15.1. The number of aromatic nitrogens is 4. The van der Waals surface area contributed by atoms with Crippen LogP contribution in [0.2, 0.25) is 0 Å². The molecule has 0 atom stereocenters. The molecule has 0 spiro atoms. The zero-order valence-corrected chi connectivity index (χ0v) is 9.53. The third-order valence-electron chi connectivity index (χ3n) is 3.16. The van der Waals surface area contributed by atoms with Crippen molar-refractivity contribution >= 4 is 5.65 Å². The zero-order valence-electron chi connectivity index (χ0n) is 9.53. The summed E-state index contributed by atoms with van der Waals surface area (Å²) in [5, 5.41) is 8.23. The van der Waals surface area contributed by atoms with Crippen molar-refractivity contribution in [3.8, 4) is 5.88 Å². The Bertz CT molecular complexity index is 546. The highest BCUT2D eigenvalue weighted by Crippen LogP contribution is 2.28. The van der Waals surface area contributed by atoms with E-state index in [1.807, 2.05) is 11.4 Å². The van der Waals surface area contributed by atoms with Gasteiger partial charge >= 0.3 is 0 Å². The highest BCUT2D eigenvalue weighted by atomic mass is 16.5. The highest BCUT2D eigenvalue weighted by molar-refractivity contribution is 5.49. The Morgan fingerprint density at radius 3 is 2.88 bits per heavy atom. The number of aryl methyl sites for hydroxylation is 2. The molecule has 2 aromatic rings. The Hall–Kier alpha value is -1.65. The lowest BCUT2D eigenvalue weighted by molar-refractivity contribution is 0.387. The lowest BCUT2D eigenvalue weighted by atomic mass is 9.97. The average Bonchev–Trinajstić information content (AvgIpc) is 2.70. The van der Waals surface area contributed by atoms with Crippen molar-refractivity contribution in [3.63, 3.8) is 0 Å². The minimum absolute atomic E-state index is 0.743. The molecule has 0 aliphatic heterocycles. The predicted molar refractivity (Wildman–Crippen MR) is 58.7 cm³/mol. The fraction of sp³-hybridized carbons (Fsp3) is 0.545. The number of methoxy groups -OCH3 is 1. The first-order chi connectivity index (χ1) is 7.81. The van der Waals surface area contributed by atoms with E-state index in [0.29, 0.717) is 0 Å². The summed E-state index contributed by atoms with van der Waals surface area (Å²) >= 11 is 0. The molecule has 1 aliphatic carbocycles. The highest BCUT2D eigenvalue weighted by Gasteiger charge is 2.20. The van der Waals surface area contributed by atoms with Gasteiger partial charge in [-0.1, -0.05) is 5.21 Å². The Morgan fingerprint density at radius 1 is 1.25 bits per heavy atom. The smallest absolute Gasteiger partial charge is 0.220 e. The van der Waals surface area contributed by atoms with Gasteiger partial charge in [-0.25, -0.2) is 0 Å². The summed E-state index contributed by atoms with van der Waals surface area (Å²) in [5.74, 6) is 0.743. The summed E-state index contributed by atoms with van der Waals surface area (Å²) in [7, 11) is 1.67. The summed E-state index contributed by atoms with van der Waals surface area (Å²) in [6.45, 7) is 1.92. The van der Waals surface area contributed by atoms with Crippen LogP contribution in [-0.4, -0.2) is 26.9 Å². The second-order valence-electron chi connectivity index (χ2n) is 4.16. The molecule has 0 saturated heterocycles. The molecule has 0 radical (unpaired) electrons. The van der Waals surface area contributed by atoms with Crippen LogP contribution in [0.3, 0.4) is 0 Å². The van der Waals surface area contributed by atoms with Crippen LogP contribution in [0.1, 0.15) is 29.8 Å². The number of hydrogen-bond donors (Lipinski definition) is 0. The van der Waals surface area contributed by atoms with Crippen molar-refractivity contribution in [1.82, 2.24) is 19.8 Å². The van der Waals surface area contributed by atoms with Gasteiger partial charge in [-0.2, -0.15) is 9.50 Å². The molecule has 0 fully saturated rings. The van der Waals surface area contributed by atoms with Gasteiger partial charge < -0.3 is 4.74 Å². The van der Waals surface area contributed by atoms with Crippen LogP contribution < -0.4 is 4.74 Å². The maximum absolute atomic E-state index is 5.37. The Balaban J connectivity index is 2.36. The lowest BCUT2D eigenvalue weighted by Crippen LogP contribution is -2.13. The molecule has 16 heavy (non-hydrogen) atoms. The van der Waals surface area contributed by atoms with Crippen molar-refractivity contribution in [2.45, 2.75) is 32.6 Å². The van der Waals surface area contributed by atoms with Gasteiger partial charge in [-0.3, -0.25) is 0 Å². The third-order valence-corrected chi connectivity index (χ3v) is 3.16. The molecular weight excluding hydrogens is 204 g/mol. The molecule has 5 nitrogen and oxygen atoms in total. The molecule has 0 N–H and O–H groups in total. The third kappa shape index (κ3) is 1.20. The predicted octanol–water partition coefficient (Wildman–Crippen LogP) is 1.32. The largest absolute Gasteiger partial charge is 0.481 e. The van der Waals surface area contributed by atoms with Gasteiger partial charge in [-0.15, -0.1) is 5.10 Å². The van der Waals surface area contributed by atoms with Gasteiger partial charge in [0.15, 0.2) is 5.65 Å². The van der Waals surface area contributed by atoms with Crippen molar-refractivity contribution in [1.29, 1.82) is 0 Å². The van der Waals surface area contributed by atoms with Gasteiger partial charge in [0.25, 0.3) is 0 Å². The quantitative estimate of drug-likeness (QED) is 0.724. The summed E-state index contributed by atoms with van der Waals surface area (Å²) in [4.78, 5) is 4.48. The van der Waals surface area contributed by atoms with E-state index in [1.54, 1.807) is 7.11 Å². The summed E-state index contributed by atoms with van der Waals surface area (Å²) in [5.41, 5.74) is 4.09. The molecule has 0 aromatic carbocycles. The molecule has 3 rings (SSSR count). The standard InChI is InChI=1S/C11H14N4O/c1-7-10-12-11(16-2)8-5-3-4-6-9(8)15(10)14-13-7/h3-6H2,1-2H3. The van der Waals surface area contributed by atoms with Crippen molar-refractivity contribution in [3.05, 3.63) is 17.0 Å². The minimum Gasteiger partial charge on any atom is -0.481 e. The summed E-state index contributed by atoms with van der Waals surface area (Å²) in [6, 6.07) is 0. The van der Waals surface area contributed by atoms with Crippen LogP contribution in [-0.2, 0) is 12.8 Å². The lowest BCUT2D eigenvalue weighted by Gasteiger charge is -2.18. The molecule has 1 aliphatic rings. The molecular formula is C11H14N4O. The number of rotatable bonds is 1. The Labute approximate surface area is 93.4 Å². The average molecular weight is 218 g/mol. The fourth-order valence-corrected chi connectivity index (χ4v) is 2.35. The second kappa shape index (κ2) is 3.43. The van der Waals surface area contributed by atoms with Crippen LogP contribution in [0, 0.1) is 6.92 Å². The number of fused-ring (bicyclic) bond motifs is 3. The molecule has 84 valence electrons. The zero-order chi connectivity index (χ0) is 11.1. The molecule has 0 bridgehead atoms. The van der Waals surface area contributed by atoms with E-state index in [1.165, 1.54) is 24.1 Å². The molecule has 2 heterocycles. The second-order valence-corrected chi connectivity index (χ2v) is 4.16. The van der Waals surface area contributed by atoms with Gasteiger partial charge in [-0.05, 0) is 32.6 Å². The number of nitrogens with zero attached hydrogens (tertiary/aromatic N) is 4. The van der Waals surface area contributed by atoms with Gasteiger partial charge in [0.05, 0.1) is 12.8 Å². The van der Waals surface area contributed by atoms with Gasteiger partial charge in [0, 0.05) is 5.56 Å². The maximum atomic E-state index is 5.37. The Kier molecular flexibility index (Phi) is 2.05. The van der Waals surface area contributed by atoms with E-state index in [4.69, 9.17) is 4.74 Å². The Morgan fingerprint density at radius 2 is 2.06 bits per heavy atom. The van der Waals surface area contributed by atoms with E-state index in [-0.39, 0.29) is 0 Å². The molecule has 2 aromatic heterocycles. The first-order valence-corrected chi connectivity index (χ1v) is 5.59. The van der Waals surface area contributed by atoms with Crippen LogP contribution in [0.25, 0.3) is 5.65 Å². The summed E-state index contributed by atoms with van der Waals surface area (Å²) < 4.78 is 7.23. The van der Waals surface area contributed by atoms with E-state index in [2.05, 4.69) is 15.3 Å². The van der Waals surface area contributed by atoms with Gasteiger partial charge in [0.2, 0.25) is 5.88 Å². The van der Waals surface area contributed by atoms with Crippen LogP contribution >= 0.6 is 0 Å². The van der Waals surface area contributed by atoms with Gasteiger partial charge in [0.1, 0.15) is 5.69 Å². The first-order valence-electron chi connectivity index (χ1n) is 5.59. The van der Waals surface area contributed by atoms with Crippen LogP contribution in [0.15, 0.2) is 0 Å². The number of hydrogen-bond acceptors (Lipinski definition) is 4. The minimum atomic E-state index is 0.743. The SMILES string of the molecule is COc1nc2c(C)nnn2c2c1CCCC2. The van der Waals surface area contributed by atoms with E-state index >= 15 is 0 Å². The number of ether oxygens (including phenoxy) is 1. The maximum Gasteiger partial charge on any atom is 0.220 e. The van der Waals surface area contributed by atoms with Crippen LogP contribution in [0.5, 0.6) is 5.88 Å². The molecule has 5 heteroatoms. The molecule has 0 unspecified atom stereocenters. The van der Waals surface area contributed by atoms with E-state index in [9.17, 15) is 0 Å². The van der Waals surface area contributed by atoms with E-state index < -0.39 is 0 Å². The van der Waals surface area contributed by atoms with Crippen LogP contribution in [0.4, 0.5) is 0 Å². The summed E-state index contributed by atoms with van der Waals surface area (Å²) in [6.07, 6.45) is 4.46. The van der Waals surface area contributed by atoms with Crippen molar-refractivity contribution in [2.24, 2.45) is 0 Å². The fourth-order valence-electron chi connectivity index (χ4n) is 2.35. The van der Waals surface area contributed by atoms with Crippen molar-refractivity contribution < 1.29 is 4.74 Å². The molecule has 0 saturated carbocycles. The van der Waals surface area contributed by atoms with Crippen molar-refractivity contribution in [2.75, 3.05) is 7.11 Å².